The first-order valence-electron chi connectivity index (χ1n) is 10.0. The number of rotatable bonds is 13. The molecular formula is C21H36IN3O3. The fourth-order valence-electron chi connectivity index (χ4n) is 2.73. The molecule has 1 aromatic carbocycles. The van der Waals surface area contributed by atoms with Crippen LogP contribution in [-0.4, -0.2) is 45.3 Å². The summed E-state index contributed by atoms with van der Waals surface area (Å²) in [6, 6.07) is 8.07. The van der Waals surface area contributed by atoms with Gasteiger partial charge in [-0.1, -0.05) is 31.0 Å². The maximum Gasteiger partial charge on any atom is 0.305 e. The summed E-state index contributed by atoms with van der Waals surface area (Å²) in [7, 11) is 1.70. The summed E-state index contributed by atoms with van der Waals surface area (Å²) >= 11 is 0. The van der Waals surface area contributed by atoms with E-state index in [2.05, 4.69) is 28.6 Å². The molecule has 7 heteroatoms. The number of benzene rings is 1. The van der Waals surface area contributed by atoms with Crippen molar-refractivity contribution in [3.8, 4) is 5.75 Å². The molecule has 6 nitrogen and oxygen atoms in total. The van der Waals surface area contributed by atoms with Crippen molar-refractivity contribution in [2.24, 2.45) is 4.99 Å². The SMILES string of the molecule is CCNC(=NCCCCCCC(=O)OCC)NCCc1ccccc1OC.I. The van der Waals surface area contributed by atoms with Crippen LogP contribution < -0.4 is 15.4 Å². The third-order valence-electron chi connectivity index (χ3n) is 4.09. The molecule has 0 spiro atoms. The molecule has 28 heavy (non-hydrogen) atoms. The van der Waals surface area contributed by atoms with Crippen molar-refractivity contribution in [3.05, 3.63) is 29.8 Å². The maximum atomic E-state index is 11.3. The molecule has 0 radical (unpaired) electrons. The Bertz CT molecular complexity index is 568. The average Bonchev–Trinajstić information content (AvgIpc) is 2.67. The fourth-order valence-corrected chi connectivity index (χ4v) is 2.73. The van der Waals surface area contributed by atoms with Crippen LogP contribution in [-0.2, 0) is 16.0 Å². The van der Waals surface area contributed by atoms with Crippen LogP contribution in [0.25, 0.3) is 0 Å². The summed E-state index contributed by atoms with van der Waals surface area (Å²) in [6.45, 7) is 6.77. The Kier molecular flexibility index (Phi) is 16.6. The highest BCUT2D eigenvalue weighted by molar-refractivity contribution is 14.0. The minimum Gasteiger partial charge on any atom is -0.496 e. The van der Waals surface area contributed by atoms with Gasteiger partial charge in [-0.25, -0.2) is 0 Å². The van der Waals surface area contributed by atoms with Gasteiger partial charge in [-0.2, -0.15) is 0 Å². The van der Waals surface area contributed by atoms with Gasteiger partial charge in [0.1, 0.15) is 5.75 Å². The molecule has 0 bridgehead atoms. The first-order valence-corrected chi connectivity index (χ1v) is 10.0. The number of guanidine groups is 1. The normalized spacial score (nSPS) is 10.8. The minimum atomic E-state index is -0.0933. The highest BCUT2D eigenvalue weighted by Gasteiger charge is 2.03. The van der Waals surface area contributed by atoms with E-state index in [1.165, 1.54) is 5.56 Å². The lowest BCUT2D eigenvalue weighted by atomic mass is 10.1. The van der Waals surface area contributed by atoms with Gasteiger partial charge in [0.25, 0.3) is 0 Å². The Morgan fingerprint density at radius 3 is 2.54 bits per heavy atom. The van der Waals surface area contributed by atoms with Crippen molar-refractivity contribution in [2.45, 2.75) is 52.4 Å². The molecule has 0 amide bonds. The van der Waals surface area contributed by atoms with E-state index in [0.29, 0.717) is 13.0 Å². The van der Waals surface area contributed by atoms with Gasteiger partial charge in [0.15, 0.2) is 5.96 Å². The van der Waals surface area contributed by atoms with Crippen LogP contribution >= 0.6 is 24.0 Å². The number of aliphatic imine (C=N–C) groups is 1. The Balaban J connectivity index is 0.00000729. The van der Waals surface area contributed by atoms with Crippen molar-refractivity contribution in [1.29, 1.82) is 0 Å². The minimum absolute atomic E-state index is 0. The lowest BCUT2D eigenvalue weighted by Gasteiger charge is -2.12. The van der Waals surface area contributed by atoms with Crippen LogP contribution in [0.2, 0.25) is 0 Å². The summed E-state index contributed by atoms with van der Waals surface area (Å²) in [4.78, 5) is 15.9. The van der Waals surface area contributed by atoms with E-state index in [9.17, 15) is 4.79 Å². The number of carbonyl (C=O) groups excluding carboxylic acids is 1. The number of hydrogen-bond donors (Lipinski definition) is 2. The quantitative estimate of drug-likeness (QED) is 0.140. The maximum absolute atomic E-state index is 11.3. The summed E-state index contributed by atoms with van der Waals surface area (Å²) in [5, 5.41) is 6.65. The van der Waals surface area contributed by atoms with E-state index in [4.69, 9.17) is 9.47 Å². The van der Waals surface area contributed by atoms with Gasteiger partial charge in [0, 0.05) is 26.1 Å². The zero-order chi connectivity index (χ0) is 19.7. The van der Waals surface area contributed by atoms with Crippen LogP contribution in [0, 0.1) is 0 Å². The molecule has 0 atom stereocenters. The second kappa shape index (κ2) is 17.6. The lowest BCUT2D eigenvalue weighted by molar-refractivity contribution is -0.143. The molecule has 0 saturated heterocycles. The molecule has 1 rings (SSSR count). The summed E-state index contributed by atoms with van der Waals surface area (Å²) < 4.78 is 10.3. The Hall–Kier alpha value is -1.51. The van der Waals surface area contributed by atoms with E-state index >= 15 is 0 Å². The molecule has 2 N–H and O–H groups in total. The molecule has 0 aliphatic rings. The van der Waals surface area contributed by atoms with Crippen molar-refractivity contribution in [3.63, 3.8) is 0 Å². The van der Waals surface area contributed by atoms with Crippen molar-refractivity contribution < 1.29 is 14.3 Å². The zero-order valence-electron chi connectivity index (χ0n) is 17.5. The Morgan fingerprint density at radius 2 is 1.82 bits per heavy atom. The van der Waals surface area contributed by atoms with Crippen molar-refractivity contribution >= 4 is 35.9 Å². The molecule has 0 aromatic heterocycles. The first kappa shape index (κ1) is 26.5. The number of para-hydroxylation sites is 1. The van der Waals surface area contributed by atoms with Crippen LogP contribution in [0.1, 0.15) is 51.5 Å². The first-order chi connectivity index (χ1) is 13.2. The zero-order valence-corrected chi connectivity index (χ0v) is 19.8. The number of esters is 1. The predicted octanol–water partition coefficient (Wildman–Crippen LogP) is 3.92. The number of halogens is 1. The average molecular weight is 505 g/mol. The number of nitrogens with one attached hydrogen (secondary N) is 2. The fraction of sp³-hybridized carbons (Fsp3) is 0.619. The molecule has 0 aliphatic carbocycles. The number of nitrogens with zero attached hydrogens (tertiary/aromatic N) is 1. The molecule has 0 heterocycles. The van der Waals surface area contributed by atoms with Gasteiger partial charge in [-0.3, -0.25) is 9.79 Å². The van der Waals surface area contributed by atoms with Gasteiger partial charge >= 0.3 is 5.97 Å². The summed E-state index contributed by atoms with van der Waals surface area (Å²) in [6.07, 6.45) is 5.41. The number of ether oxygens (including phenoxy) is 2. The van der Waals surface area contributed by atoms with Crippen LogP contribution in [0.4, 0.5) is 0 Å². The van der Waals surface area contributed by atoms with Crippen LogP contribution in [0.3, 0.4) is 0 Å². The van der Waals surface area contributed by atoms with E-state index in [0.717, 1.165) is 63.4 Å². The van der Waals surface area contributed by atoms with Gasteiger partial charge in [0.2, 0.25) is 0 Å². The Labute approximate surface area is 186 Å². The molecule has 1 aromatic rings. The standard InChI is InChI=1S/C21H35N3O3.HI/c1-4-22-21(23-16-11-7-6-8-14-20(25)27-5-2)24-17-15-18-12-9-10-13-19(18)26-3;/h9-10,12-13H,4-8,11,14-17H2,1-3H3,(H2,22,23,24);1H. The van der Waals surface area contributed by atoms with E-state index in [1.807, 2.05) is 25.1 Å². The van der Waals surface area contributed by atoms with E-state index < -0.39 is 0 Å². The number of carbonyl (C=O) groups is 1. The third-order valence-corrected chi connectivity index (χ3v) is 4.09. The lowest BCUT2D eigenvalue weighted by Crippen LogP contribution is -2.38. The van der Waals surface area contributed by atoms with Gasteiger partial charge in [0.05, 0.1) is 13.7 Å². The number of hydrogen-bond acceptors (Lipinski definition) is 4. The number of methoxy groups -OCH3 is 1. The van der Waals surface area contributed by atoms with Crippen molar-refractivity contribution in [1.82, 2.24) is 10.6 Å². The smallest absolute Gasteiger partial charge is 0.305 e. The topological polar surface area (TPSA) is 72.0 Å². The van der Waals surface area contributed by atoms with Gasteiger partial charge in [-0.05, 0) is 44.7 Å². The van der Waals surface area contributed by atoms with E-state index in [-0.39, 0.29) is 29.9 Å². The molecule has 0 saturated carbocycles. The summed E-state index contributed by atoms with van der Waals surface area (Å²) in [5.74, 6) is 1.67. The molecular weight excluding hydrogens is 469 g/mol. The Morgan fingerprint density at radius 1 is 1.07 bits per heavy atom. The third kappa shape index (κ3) is 12.0. The van der Waals surface area contributed by atoms with Crippen molar-refractivity contribution in [2.75, 3.05) is 33.4 Å². The second-order valence-electron chi connectivity index (χ2n) is 6.22. The van der Waals surface area contributed by atoms with Gasteiger partial charge < -0.3 is 20.1 Å². The summed E-state index contributed by atoms with van der Waals surface area (Å²) in [5.41, 5.74) is 1.19. The molecule has 0 unspecified atom stereocenters. The highest BCUT2D eigenvalue weighted by Crippen LogP contribution is 2.17. The number of unbranched alkanes of at least 4 members (excludes halogenated alkanes) is 3. The van der Waals surface area contributed by atoms with E-state index in [1.54, 1.807) is 7.11 Å². The highest BCUT2D eigenvalue weighted by atomic mass is 127. The molecule has 0 aliphatic heterocycles. The second-order valence-corrected chi connectivity index (χ2v) is 6.22. The predicted molar refractivity (Wildman–Crippen MR) is 126 cm³/mol. The van der Waals surface area contributed by atoms with Crippen LogP contribution in [0.15, 0.2) is 29.3 Å². The largest absolute Gasteiger partial charge is 0.496 e. The molecule has 0 fully saturated rings. The van der Waals surface area contributed by atoms with Crippen LogP contribution in [0.5, 0.6) is 5.75 Å². The molecule has 160 valence electrons. The monoisotopic (exact) mass is 505 g/mol. The van der Waals surface area contributed by atoms with Gasteiger partial charge in [-0.15, -0.1) is 24.0 Å².